The number of fused-ring (bicyclic) bond motifs is 3. The van der Waals surface area contributed by atoms with Crippen LogP contribution in [0, 0.1) is 4.77 Å². The van der Waals surface area contributed by atoms with E-state index in [4.69, 9.17) is 12.2 Å². The molecule has 0 aliphatic carbocycles. The predicted molar refractivity (Wildman–Crippen MR) is 58.8 cm³/mol. The molecule has 0 spiro atoms. The lowest BCUT2D eigenvalue weighted by atomic mass is 10.2. The molecule has 3 nitrogen and oxygen atoms in total. The van der Waals surface area contributed by atoms with E-state index in [2.05, 4.69) is 15.0 Å². The Balaban J connectivity index is 2.66. The van der Waals surface area contributed by atoms with Gasteiger partial charge in [-0.3, -0.25) is 0 Å². The maximum atomic E-state index is 5.00. The Hall–Kier alpha value is -1.68. The number of nitrogens with zero attached hydrogens (tertiary/aromatic N) is 1. The van der Waals surface area contributed by atoms with Crippen LogP contribution in [0.2, 0.25) is 0 Å². The Kier molecular flexibility index (Phi) is 1.46. The van der Waals surface area contributed by atoms with Gasteiger partial charge in [-0.2, -0.15) is 0 Å². The Labute approximate surface area is 84.8 Å². The van der Waals surface area contributed by atoms with Gasteiger partial charge in [-0.25, -0.2) is 4.98 Å². The first kappa shape index (κ1) is 7.70. The lowest BCUT2D eigenvalue weighted by Crippen LogP contribution is -1.78. The van der Waals surface area contributed by atoms with Crippen LogP contribution in [0.5, 0.6) is 0 Å². The number of aromatic amines is 2. The quantitative estimate of drug-likeness (QED) is 0.549. The van der Waals surface area contributed by atoms with Crippen molar-refractivity contribution in [1.29, 1.82) is 0 Å². The van der Waals surface area contributed by atoms with Crippen LogP contribution < -0.4 is 0 Å². The number of imidazole rings is 1. The summed E-state index contributed by atoms with van der Waals surface area (Å²) in [4.78, 5) is 10.5. The topological polar surface area (TPSA) is 44.5 Å². The van der Waals surface area contributed by atoms with E-state index in [1.54, 1.807) is 0 Å². The van der Waals surface area contributed by atoms with Crippen LogP contribution in [0.1, 0.15) is 0 Å². The van der Waals surface area contributed by atoms with Crippen molar-refractivity contribution in [3.63, 3.8) is 0 Å². The normalized spacial score (nSPS) is 11.1. The largest absolute Gasteiger partial charge is 0.361 e. The number of aromatic nitrogens is 3. The third kappa shape index (κ3) is 0.975. The average molecular weight is 201 g/mol. The molecule has 3 rings (SSSR count). The van der Waals surface area contributed by atoms with E-state index in [-0.39, 0.29) is 0 Å². The van der Waals surface area contributed by atoms with Crippen molar-refractivity contribution in [2.45, 2.75) is 0 Å². The van der Waals surface area contributed by atoms with Crippen molar-refractivity contribution in [3.8, 4) is 0 Å². The van der Waals surface area contributed by atoms with Gasteiger partial charge in [0.05, 0.1) is 11.0 Å². The summed E-state index contributed by atoms with van der Waals surface area (Å²) in [6, 6.07) is 7.99. The van der Waals surface area contributed by atoms with Gasteiger partial charge in [0.2, 0.25) is 0 Å². The highest BCUT2D eigenvalue weighted by Gasteiger charge is 2.02. The van der Waals surface area contributed by atoms with Gasteiger partial charge in [0.1, 0.15) is 0 Å². The van der Waals surface area contributed by atoms with E-state index in [0.717, 1.165) is 21.9 Å². The molecule has 4 heteroatoms. The van der Waals surface area contributed by atoms with E-state index in [0.29, 0.717) is 4.77 Å². The molecule has 0 radical (unpaired) electrons. The Morgan fingerprint density at radius 2 is 2.00 bits per heavy atom. The van der Waals surface area contributed by atoms with Gasteiger partial charge in [-0.1, -0.05) is 0 Å². The van der Waals surface area contributed by atoms with Crippen molar-refractivity contribution in [1.82, 2.24) is 15.0 Å². The predicted octanol–water partition coefficient (Wildman–Crippen LogP) is 2.77. The molecule has 0 aliphatic rings. The van der Waals surface area contributed by atoms with Crippen molar-refractivity contribution in [2.75, 3.05) is 0 Å². The average Bonchev–Trinajstić information content (AvgIpc) is 2.59. The molecular formula is C10H7N3S. The highest BCUT2D eigenvalue weighted by Crippen LogP contribution is 2.20. The van der Waals surface area contributed by atoms with Crippen molar-refractivity contribution in [2.24, 2.45) is 0 Å². The fraction of sp³-hybridized carbons (Fsp3) is 0. The van der Waals surface area contributed by atoms with Gasteiger partial charge < -0.3 is 9.97 Å². The van der Waals surface area contributed by atoms with Crippen LogP contribution in [-0.2, 0) is 0 Å². The van der Waals surface area contributed by atoms with Crippen LogP contribution in [-0.4, -0.2) is 15.0 Å². The van der Waals surface area contributed by atoms with Crippen molar-refractivity contribution >= 4 is 34.2 Å². The standard InChI is InChI=1S/C10H7N3S/c14-10-12-8-4-3-7-6(9(8)13-10)2-1-5-11-7/h1-5,11H,(H,12,14). The first-order chi connectivity index (χ1) is 6.84. The minimum Gasteiger partial charge on any atom is -0.361 e. The lowest BCUT2D eigenvalue weighted by molar-refractivity contribution is 1.30. The number of hydrogen-bond acceptors (Lipinski definition) is 2. The van der Waals surface area contributed by atoms with Crippen LogP contribution in [0.25, 0.3) is 21.9 Å². The molecule has 0 atom stereocenters. The Morgan fingerprint density at radius 3 is 2.93 bits per heavy atom. The molecule has 3 aromatic rings. The van der Waals surface area contributed by atoms with Crippen LogP contribution >= 0.6 is 12.2 Å². The monoisotopic (exact) mass is 201 g/mol. The van der Waals surface area contributed by atoms with Gasteiger partial charge in [-0.15, -0.1) is 0 Å². The smallest absolute Gasteiger partial charge is 0.197 e. The maximum absolute atomic E-state index is 5.00. The zero-order valence-corrected chi connectivity index (χ0v) is 8.06. The molecule has 0 aliphatic heterocycles. The summed E-state index contributed by atoms with van der Waals surface area (Å²) in [6.45, 7) is 0. The number of nitrogens with one attached hydrogen (secondary N) is 2. The molecule has 0 saturated heterocycles. The number of pyridine rings is 1. The summed E-state index contributed by atoms with van der Waals surface area (Å²) >= 11 is 5.00. The van der Waals surface area contributed by atoms with Crippen LogP contribution in [0.3, 0.4) is 0 Å². The molecule has 2 aromatic heterocycles. The summed E-state index contributed by atoms with van der Waals surface area (Å²) in [6.07, 6.45) is 1.90. The molecule has 2 N–H and O–H groups in total. The third-order valence-corrected chi connectivity index (χ3v) is 2.46. The van der Waals surface area contributed by atoms with E-state index in [1.807, 2.05) is 30.5 Å². The summed E-state index contributed by atoms with van der Waals surface area (Å²) in [7, 11) is 0. The van der Waals surface area contributed by atoms with Gasteiger partial charge in [0.15, 0.2) is 4.77 Å². The number of rotatable bonds is 0. The molecule has 0 saturated carbocycles. The van der Waals surface area contributed by atoms with Crippen LogP contribution in [0.15, 0.2) is 30.5 Å². The van der Waals surface area contributed by atoms with Gasteiger partial charge in [0, 0.05) is 17.1 Å². The zero-order chi connectivity index (χ0) is 9.54. The van der Waals surface area contributed by atoms with Crippen molar-refractivity contribution < 1.29 is 0 Å². The molecule has 0 bridgehead atoms. The summed E-state index contributed by atoms with van der Waals surface area (Å²) in [5, 5.41) is 1.09. The fourth-order valence-electron chi connectivity index (χ4n) is 1.65. The molecule has 0 amide bonds. The van der Waals surface area contributed by atoms with Crippen molar-refractivity contribution in [3.05, 3.63) is 35.2 Å². The minimum atomic E-state index is 0.538. The Bertz CT molecular complexity index is 665. The summed E-state index contributed by atoms with van der Waals surface area (Å²) in [5.41, 5.74) is 2.99. The number of hydrogen-bond donors (Lipinski definition) is 2. The van der Waals surface area contributed by atoms with E-state index in [1.165, 1.54) is 0 Å². The van der Waals surface area contributed by atoms with Gasteiger partial charge >= 0.3 is 0 Å². The van der Waals surface area contributed by atoms with Gasteiger partial charge in [0.25, 0.3) is 0 Å². The van der Waals surface area contributed by atoms with Crippen LogP contribution in [0.4, 0.5) is 0 Å². The SMILES string of the molecule is S=c1nc2c(ccc3[nH]cccc32)[nH]1. The summed E-state index contributed by atoms with van der Waals surface area (Å²) in [5.74, 6) is 0. The molecule has 0 unspecified atom stereocenters. The second kappa shape index (κ2) is 2.65. The highest BCUT2D eigenvalue weighted by molar-refractivity contribution is 7.71. The molecular weight excluding hydrogens is 194 g/mol. The van der Waals surface area contributed by atoms with E-state index in [9.17, 15) is 0 Å². The maximum Gasteiger partial charge on any atom is 0.197 e. The first-order valence-corrected chi connectivity index (χ1v) is 4.71. The highest BCUT2D eigenvalue weighted by atomic mass is 32.1. The second-order valence-electron chi connectivity index (χ2n) is 3.14. The zero-order valence-electron chi connectivity index (χ0n) is 7.24. The molecule has 2 heterocycles. The number of benzene rings is 1. The van der Waals surface area contributed by atoms with E-state index < -0.39 is 0 Å². The fourth-order valence-corrected chi connectivity index (χ4v) is 1.85. The first-order valence-electron chi connectivity index (χ1n) is 4.31. The van der Waals surface area contributed by atoms with E-state index >= 15 is 0 Å². The van der Waals surface area contributed by atoms with Gasteiger partial charge in [-0.05, 0) is 36.5 Å². The third-order valence-electron chi connectivity index (χ3n) is 2.27. The lowest BCUT2D eigenvalue weighted by Gasteiger charge is -1.97. The number of H-pyrrole nitrogens is 2. The summed E-state index contributed by atoms with van der Waals surface area (Å²) < 4.78 is 0.538. The molecule has 14 heavy (non-hydrogen) atoms. The minimum absolute atomic E-state index is 0.538. The molecule has 1 aromatic carbocycles. The Morgan fingerprint density at radius 1 is 1.14 bits per heavy atom. The second-order valence-corrected chi connectivity index (χ2v) is 3.52. The molecule has 68 valence electrons. The molecule has 0 fully saturated rings.